The summed E-state index contributed by atoms with van der Waals surface area (Å²) in [5.74, 6) is 0.155. The van der Waals surface area contributed by atoms with Crippen LogP contribution in [0.5, 0.6) is 0 Å². The molecular formula is C79H150O17P2. The lowest BCUT2D eigenvalue weighted by atomic mass is 10.00. The van der Waals surface area contributed by atoms with Gasteiger partial charge in [-0.3, -0.25) is 37.3 Å². The molecule has 0 aliphatic heterocycles. The third-order valence-electron chi connectivity index (χ3n) is 18.1. The number of allylic oxidation sites excluding steroid dienone is 4. The van der Waals surface area contributed by atoms with E-state index in [1.54, 1.807) is 0 Å². The van der Waals surface area contributed by atoms with Crippen molar-refractivity contribution in [2.24, 2.45) is 17.8 Å². The van der Waals surface area contributed by atoms with Gasteiger partial charge in [0, 0.05) is 25.7 Å². The fourth-order valence-corrected chi connectivity index (χ4v) is 13.1. The molecule has 0 rings (SSSR count). The molecular weight excluding hydrogens is 1280 g/mol. The first kappa shape index (κ1) is 95.5. The van der Waals surface area contributed by atoms with E-state index in [1.165, 1.54) is 167 Å². The summed E-state index contributed by atoms with van der Waals surface area (Å²) in [5.41, 5.74) is 0. The number of phosphoric acid groups is 2. The third-order valence-corrected chi connectivity index (χ3v) is 20.0. The Balaban J connectivity index is 5.28. The van der Waals surface area contributed by atoms with Crippen LogP contribution in [0, 0.1) is 17.8 Å². The maximum absolute atomic E-state index is 13.1. The minimum atomic E-state index is -4.97. The van der Waals surface area contributed by atoms with Crippen molar-refractivity contribution in [1.29, 1.82) is 0 Å². The number of hydrogen-bond donors (Lipinski definition) is 3. The quantitative estimate of drug-likeness (QED) is 0.0169. The van der Waals surface area contributed by atoms with E-state index >= 15 is 0 Å². The van der Waals surface area contributed by atoms with E-state index in [0.29, 0.717) is 25.7 Å². The molecule has 578 valence electrons. The van der Waals surface area contributed by atoms with Gasteiger partial charge in [0.25, 0.3) is 0 Å². The van der Waals surface area contributed by atoms with Crippen molar-refractivity contribution in [3.05, 3.63) is 24.3 Å². The topological polar surface area (TPSA) is 237 Å². The first-order valence-corrected chi connectivity index (χ1v) is 43.2. The van der Waals surface area contributed by atoms with Gasteiger partial charge in [-0.1, -0.05) is 330 Å². The maximum atomic E-state index is 13.1. The van der Waals surface area contributed by atoms with E-state index in [9.17, 15) is 43.2 Å². The molecule has 6 atom stereocenters. The van der Waals surface area contributed by atoms with Crippen LogP contribution in [-0.2, 0) is 65.4 Å². The first-order valence-electron chi connectivity index (χ1n) is 40.2. The second-order valence-corrected chi connectivity index (χ2v) is 31.9. The summed E-state index contributed by atoms with van der Waals surface area (Å²) in [6, 6.07) is 0. The van der Waals surface area contributed by atoms with Crippen molar-refractivity contribution in [3.63, 3.8) is 0 Å². The lowest BCUT2D eigenvalue weighted by Gasteiger charge is -2.21. The highest BCUT2D eigenvalue weighted by Gasteiger charge is 2.30. The average molecular weight is 1430 g/mol. The van der Waals surface area contributed by atoms with Crippen molar-refractivity contribution >= 4 is 39.5 Å². The highest BCUT2D eigenvalue weighted by atomic mass is 31.2. The van der Waals surface area contributed by atoms with Gasteiger partial charge in [-0.25, -0.2) is 9.13 Å². The van der Waals surface area contributed by atoms with Crippen LogP contribution in [0.1, 0.15) is 382 Å². The molecule has 0 saturated carbocycles. The molecule has 3 N–H and O–H groups in total. The van der Waals surface area contributed by atoms with E-state index in [1.807, 2.05) is 0 Å². The summed E-state index contributed by atoms with van der Waals surface area (Å²) in [6.45, 7) is 11.8. The molecule has 0 saturated heterocycles. The van der Waals surface area contributed by atoms with E-state index in [2.05, 4.69) is 72.8 Å². The van der Waals surface area contributed by atoms with Crippen LogP contribution in [0.3, 0.4) is 0 Å². The number of ether oxygens (including phenoxy) is 4. The van der Waals surface area contributed by atoms with Gasteiger partial charge in [-0.05, 0) is 69.1 Å². The summed E-state index contributed by atoms with van der Waals surface area (Å²) in [5, 5.41) is 10.6. The van der Waals surface area contributed by atoms with E-state index in [0.717, 1.165) is 133 Å². The Morgan fingerprint density at radius 3 is 0.908 bits per heavy atom. The Bertz CT molecular complexity index is 2000. The Hall–Kier alpha value is -2.46. The summed E-state index contributed by atoms with van der Waals surface area (Å²) >= 11 is 0. The van der Waals surface area contributed by atoms with Crippen LogP contribution in [-0.4, -0.2) is 96.7 Å². The van der Waals surface area contributed by atoms with Crippen LogP contribution < -0.4 is 0 Å². The molecule has 0 spiro atoms. The van der Waals surface area contributed by atoms with Crippen molar-refractivity contribution in [3.8, 4) is 0 Å². The average Bonchev–Trinajstić information content (AvgIpc) is 0.973. The molecule has 0 fully saturated rings. The van der Waals surface area contributed by atoms with Crippen molar-refractivity contribution in [1.82, 2.24) is 0 Å². The van der Waals surface area contributed by atoms with Gasteiger partial charge < -0.3 is 33.8 Å². The summed E-state index contributed by atoms with van der Waals surface area (Å²) in [4.78, 5) is 72.9. The molecule has 0 heterocycles. The standard InChI is InChI=1S/C79H150O17P2/c1-8-10-11-12-13-14-15-16-19-23-28-33-38-46-53-60-76(81)89-66-74(95-78(83)62-55-48-39-34-29-24-21-18-17-20-22-26-31-36-43-50-57-70(3)4)68-93-97(85,86)91-64-73(80)65-92-98(87,88)94-69-75(67-90-77(82)61-54-47-42-41-45-52-59-72(7)9-2)96-79(84)63-56-49-40-35-30-25-27-32-37-44-51-58-71(5)6/h14-16,19,70-75,80H,8-13,17-18,20-69H2,1-7H3,(H,85,86)(H,87,88)/b15-14-,19-16-/t72?,73-,74-,75-/m1/s1. The van der Waals surface area contributed by atoms with Gasteiger partial charge in [0.05, 0.1) is 26.4 Å². The predicted octanol–water partition coefficient (Wildman–Crippen LogP) is 22.9. The summed E-state index contributed by atoms with van der Waals surface area (Å²) in [6.07, 6.45) is 59.1. The van der Waals surface area contributed by atoms with Crippen LogP contribution in [0.4, 0.5) is 0 Å². The normalized spacial score (nSPS) is 14.4. The minimum Gasteiger partial charge on any atom is -0.462 e. The fourth-order valence-electron chi connectivity index (χ4n) is 11.6. The molecule has 0 bridgehead atoms. The van der Waals surface area contributed by atoms with Crippen LogP contribution in [0.25, 0.3) is 0 Å². The molecule has 0 amide bonds. The number of carbonyl (C=O) groups is 4. The zero-order valence-electron chi connectivity index (χ0n) is 63.7. The Kier molecular flexibility index (Phi) is 67.2. The number of rotatable bonds is 75. The minimum absolute atomic E-state index is 0.101. The van der Waals surface area contributed by atoms with Crippen molar-refractivity contribution < 1.29 is 80.2 Å². The van der Waals surface area contributed by atoms with Gasteiger partial charge in [-0.15, -0.1) is 0 Å². The zero-order chi connectivity index (χ0) is 72.3. The largest absolute Gasteiger partial charge is 0.472 e. The third kappa shape index (κ3) is 70.6. The maximum Gasteiger partial charge on any atom is 0.472 e. The van der Waals surface area contributed by atoms with E-state index in [-0.39, 0.29) is 25.7 Å². The molecule has 0 aliphatic rings. The predicted molar refractivity (Wildman–Crippen MR) is 400 cm³/mol. The number of phosphoric ester groups is 2. The molecule has 0 aromatic carbocycles. The van der Waals surface area contributed by atoms with Gasteiger partial charge in [-0.2, -0.15) is 0 Å². The fraction of sp³-hybridized carbons (Fsp3) is 0.899. The second-order valence-electron chi connectivity index (χ2n) is 29.0. The van der Waals surface area contributed by atoms with Gasteiger partial charge in [0.1, 0.15) is 19.3 Å². The van der Waals surface area contributed by atoms with Crippen molar-refractivity contribution in [2.45, 2.75) is 401 Å². The number of carbonyl (C=O) groups excluding carboxylic acids is 4. The molecule has 3 unspecified atom stereocenters. The highest BCUT2D eigenvalue weighted by Crippen LogP contribution is 2.45. The molecule has 0 aliphatic carbocycles. The number of aliphatic hydroxyl groups excluding tert-OH is 1. The first-order chi connectivity index (χ1) is 47.3. The molecule has 0 aromatic heterocycles. The van der Waals surface area contributed by atoms with Crippen LogP contribution in [0.2, 0.25) is 0 Å². The molecule has 98 heavy (non-hydrogen) atoms. The lowest BCUT2D eigenvalue weighted by Crippen LogP contribution is -2.30. The number of unbranched alkanes of at least 4 members (excludes halogenated alkanes) is 39. The smallest absolute Gasteiger partial charge is 0.462 e. The SMILES string of the molecule is CCCCCC/C=C\C=C/CCCCCCCC(=O)OC[C@H](COP(=O)(O)OC[C@@H](O)COP(=O)(O)OC[C@@H](COC(=O)CCCCCCCCC(C)CC)OC(=O)CCCCCCCCCCCCCC(C)C)OC(=O)CCCCCCCCCCCCCCCCCCC(C)C. The van der Waals surface area contributed by atoms with E-state index in [4.69, 9.17) is 37.0 Å². The van der Waals surface area contributed by atoms with Gasteiger partial charge in [0.2, 0.25) is 0 Å². The van der Waals surface area contributed by atoms with Crippen LogP contribution in [0.15, 0.2) is 24.3 Å². The number of esters is 4. The monoisotopic (exact) mass is 1430 g/mol. The molecule has 0 aromatic rings. The Morgan fingerprint density at radius 1 is 0.337 bits per heavy atom. The summed E-state index contributed by atoms with van der Waals surface area (Å²) < 4.78 is 68.6. The van der Waals surface area contributed by atoms with Crippen LogP contribution >= 0.6 is 15.6 Å². The molecule has 0 radical (unpaired) electrons. The Morgan fingerprint density at radius 2 is 0.602 bits per heavy atom. The number of hydrogen-bond acceptors (Lipinski definition) is 15. The van der Waals surface area contributed by atoms with Gasteiger partial charge in [0.15, 0.2) is 12.2 Å². The molecule has 17 nitrogen and oxygen atoms in total. The number of aliphatic hydroxyl groups is 1. The second kappa shape index (κ2) is 68.9. The lowest BCUT2D eigenvalue weighted by molar-refractivity contribution is -0.161. The molecule has 19 heteroatoms. The van der Waals surface area contributed by atoms with Gasteiger partial charge >= 0.3 is 39.5 Å². The Labute approximate surface area is 599 Å². The summed E-state index contributed by atoms with van der Waals surface area (Å²) in [7, 11) is -9.93. The highest BCUT2D eigenvalue weighted by molar-refractivity contribution is 7.47. The van der Waals surface area contributed by atoms with E-state index < -0.39 is 97.5 Å². The zero-order valence-corrected chi connectivity index (χ0v) is 65.5. The van der Waals surface area contributed by atoms with Crippen molar-refractivity contribution in [2.75, 3.05) is 39.6 Å².